The fourth-order valence-corrected chi connectivity index (χ4v) is 3.06. The molecule has 3 rings (SSSR count). The van der Waals surface area contributed by atoms with Crippen LogP contribution >= 0.6 is 0 Å². The largest absolute Gasteiger partial charge is 0.491 e. The third kappa shape index (κ3) is 5.64. The summed E-state index contributed by atoms with van der Waals surface area (Å²) in [4.78, 5) is 14.4. The summed E-state index contributed by atoms with van der Waals surface area (Å²) in [5.41, 5.74) is -0.541. The van der Waals surface area contributed by atoms with Gasteiger partial charge in [-0.2, -0.15) is 0 Å². The fourth-order valence-electron chi connectivity index (χ4n) is 3.06. The molecule has 0 aliphatic carbocycles. The number of carbonyl (C=O) groups excluding carboxylic acids is 1. The van der Waals surface area contributed by atoms with Crippen LogP contribution in [-0.4, -0.2) is 41.9 Å². The third-order valence-corrected chi connectivity index (χ3v) is 4.24. The summed E-state index contributed by atoms with van der Waals surface area (Å²) in [5.74, 6) is 1.59. The lowest BCUT2D eigenvalue weighted by molar-refractivity contribution is 0.0176. The molecule has 1 unspecified atom stereocenters. The van der Waals surface area contributed by atoms with Crippen LogP contribution < -0.4 is 9.47 Å². The van der Waals surface area contributed by atoms with Crippen LogP contribution in [0.2, 0.25) is 0 Å². The topological polar surface area (TPSA) is 48.0 Å². The Bertz CT molecular complexity index is 727. The van der Waals surface area contributed by atoms with Gasteiger partial charge < -0.3 is 14.2 Å². The van der Waals surface area contributed by atoms with Crippen molar-refractivity contribution in [3.63, 3.8) is 0 Å². The van der Waals surface area contributed by atoms with Gasteiger partial charge in [0, 0.05) is 6.42 Å². The number of para-hydroxylation sites is 2. The molecule has 1 aliphatic rings. The van der Waals surface area contributed by atoms with Crippen molar-refractivity contribution in [3.8, 4) is 11.5 Å². The molecular weight excluding hydrogens is 342 g/mol. The molecular formula is C22H27NO4. The van der Waals surface area contributed by atoms with E-state index < -0.39 is 5.60 Å². The zero-order chi connectivity index (χ0) is 19.3. The lowest BCUT2D eigenvalue weighted by Gasteiger charge is -2.28. The quantitative estimate of drug-likeness (QED) is 0.777. The van der Waals surface area contributed by atoms with Crippen molar-refractivity contribution >= 4 is 6.09 Å². The van der Waals surface area contributed by atoms with Gasteiger partial charge in [-0.3, -0.25) is 4.90 Å². The van der Waals surface area contributed by atoms with E-state index in [1.54, 1.807) is 4.90 Å². The summed E-state index contributed by atoms with van der Waals surface area (Å²) in [6.45, 7) is 6.49. The van der Waals surface area contributed by atoms with Crippen molar-refractivity contribution in [3.05, 3.63) is 60.7 Å². The molecule has 27 heavy (non-hydrogen) atoms. The van der Waals surface area contributed by atoms with Gasteiger partial charge in [-0.15, -0.1) is 0 Å². The van der Waals surface area contributed by atoms with Gasteiger partial charge >= 0.3 is 6.09 Å². The van der Waals surface area contributed by atoms with E-state index in [0.29, 0.717) is 19.6 Å². The van der Waals surface area contributed by atoms with Crippen molar-refractivity contribution in [2.45, 2.75) is 44.9 Å². The first-order valence-electron chi connectivity index (χ1n) is 9.30. The lowest BCUT2D eigenvalue weighted by Crippen LogP contribution is -2.42. The molecule has 1 saturated heterocycles. The van der Waals surface area contributed by atoms with Crippen LogP contribution in [0.25, 0.3) is 0 Å². The highest BCUT2D eigenvalue weighted by Crippen LogP contribution is 2.26. The van der Waals surface area contributed by atoms with E-state index in [4.69, 9.17) is 14.2 Å². The minimum atomic E-state index is -0.541. The van der Waals surface area contributed by atoms with E-state index in [9.17, 15) is 4.79 Å². The van der Waals surface area contributed by atoms with Crippen LogP contribution in [0.3, 0.4) is 0 Å². The lowest BCUT2D eigenvalue weighted by atomic mass is 10.2. The summed E-state index contributed by atoms with van der Waals surface area (Å²) in [6.07, 6.45) is 0.272. The van der Waals surface area contributed by atoms with Gasteiger partial charge in [0.25, 0.3) is 0 Å². The molecule has 0 N–H and O–H groups in total. The number of benzene rings is 2. The maximum Gasteiger partial charge on any atom is 0.410 e. The second kappa shape index (κ2) is 8.33. The predicted molar refractivity (Wildman–Crippen MR) is 104 cm³/mol. The van der Waals surface area contributed by atoms with Crippen LogP contribution in [0, 0.1) is 0 Å². The molecule has 0 bridgehead atoms. The van der Waals surface area contributed by atoms with E-state index in [1.165, 1.54) is 0 Å². The number of rotatable bonds is 5. The van der Waals surface area contributed by atoms with Crippen molar-refractivity contribution < 1.29 is 19.0 Å². The van der Waals surface area contributed by atoms with Crippen molar-refractivity contribution in [2.24, 2.45) is 0 Å². The second-order valence-electron chi connectivity index (χ2n) is 7.70. The molecule has 144 valence electrons. The number of hydrogen-bond donors (Lipinski definition) is 0. The van der Waals surface area contributed by atoms with Crippen LogP contribution in [0.5, 0.6) is 11.5 Å². The Morgan fingerprint density at radius 2 is 1.59 bits per heavy atom. The van der Waals surface area contributed by atoms with Crippen LogP contribution in [0.15, 0.2) is 60.7 Å². The molecule has 5 nitrogen and oxygen atoms in total. The van der Waals surface area contributed by atoms with Gasteiger partial charge in [0.05, 0.1) is 12.6 Å². The number of ether oxygens (including phenoxy) is 3. The van der Waals surface area contributed by atoms with E-state index in [-0.39, 0.29) is 18.2 Å². The number of carbonyl (C=O) groups is 1. The van der Waals surface area contributed by atoms with Crippen LogP contribution in [0.1, 0.15) is 27.2 Å². The second-order valence-corrected chi connectivity index (χ2v) is 7.70. The first-order valence-corrected chi connectivity index (χ1v) is 9.30. The first-order chi connectivity index (χ1) is 12.9. The molecule has 2 aromatic carbocycles. The number of amides is 1. The minimum absolute atomic E-state index is 0.0932. The monoisotopic (exact) mass is 369 g/mol. The summed E-state index contributed by atoms with van der Waals surface area (Å²) in [6, 6.07) is 19.2. The molecule has 0 radical (unpaired) electrons. The van der Waals surface area contributed by atoms with Gasteiger partial charge in [0.15, 0.2) is 0 Å². The van der Waals surface area contributed by atoms with Crippen LogP contribution in [-0.2, 0) is 4.74 Å². The molecule has 1 amide bonds. The standard InChI is InChI=1S/C22H27NO4/c1-22(2,3)27-21(24)23-15-20(26-19-12-8-5-9-13-19)14-17(23)16-25-18-10-6-4-7-11-18/h4-13,17,20H,14-16H2,1-3H3/t17-,20?/m0/s1. The molecule has 0 saturated carbocycles. The summed E-state index contributed by atoms with van der Waals surface area (Å²) < 4.78 is 17.5. The van der Waals surface area contributed by atoms with Gasteiger partial charge in [-0.25, -0.2) is 4.79 Å². The Kier molecular flexibility index (Phi) is 5.89. The normalized spacial score (nSPS) is 19.6. The highest BCUT2D eigenvalue weighted by atomic mass is 16.6. The maximum absolute atomic E-state index is 12.7. The van der Waals surface area contributed by atoms with E-state index >= 15 is 0 Å². The van der Waals surface area contributed by atoms with Gasteiger partial charge in [0.1, 0.15) is 29.8 Å². The Morgan fingerprint density at radius 1 is 1.00 bits per heavy atom. The molecule has 0 spiro atoms. The van der Waals surface area contributed by atoms with Crippen molar-refractivity contribution in [2.75, 3.05) is 13.2 Å². The highest BCUT2D eigenvalue weighted by molar-refractivity contribution is 5.69. The molecule has 5 heteroatoms. The minimum Gasteiger partial charge on any atom is -0.491 e. The number of hydrogen-bond acceptors (Lipinski definition) is 4. The summed E-state index contributed by atoms with van der Waals surface area (Å²) >= 11 is 0. The maximum atomic E-state index is 12.7. The van der Waals surface area contributed by atoms with E-state index in [2.05, 4.69) is 0 Å². The van der Waals surface area contributed by atoms with Crippen molar-refractivity contribution in [1.82, 2.24) is 4.90 Å². The van der Waals surface area contributed by atoms with Gasteiger partial charge in [-0.05, 0) is 45.0 Å². The Morgan fingerprint density at radius 3 is 2.19 bits per heavy atom. The van der Waals surface area contributed by atoms with E-state index in [1.807, 2.05) is 81.4 Å². The van der Waals surface area contributed by atoms with Gasteiger partial charge in [-0.1, -0.05) is 36.4 Å². The van der Waals surface area contributed by atoms with Crippen molar-refractivity contribution in [1.29, 1.82) is 0 Å². The third-order valence-electron chi connectivity index (χ3n) is 4.24. The first kappa shape index (κ1) is 19.1. The Hall–Kier alpha value is -2.69. The SMILES string of the molecule is CC(C)(C)OC(=O)N1CC(Oc2ccccc2)C[C@H]1COc1ccccc1. The van der Waals surface area contributed by atoms with Gasteiger partial charge in [0.2, 0.25) is 0 Å². The Balaban J connectivity index is 1.67. The smallest absolute Gasteiger partial charge is 0.410 e. The zero-order valence-electron chi connectivity index (χ0n) is 16.1. The molecule has 0 aromatic heterocycles. The molecule has 1 fully saturated rings. The average molecular weight is 369 g/mol. The summed E-state index contributed by atoms with van der Waals surface area (Å²) in [7, 11) is 0. The molecule has 1 heterocycles. The highest BCUT2D eigenvalue weighted by Gasteiger charge is 2.39. The average Bonchev–Trinajstić information content (AvgIpc) is 3.03. The fraction of sp³-hybridized carbons (Fsp3) is 0.409. The van der Waals surface area contributed by atoms with E-state index in [0.717, 1.165) is 11.5 Å². The van der Waals surface area contributed by atoms with Crippen LogP contribution in [0.4, 0.5) is 4.79 Å². The molecule has 2 atom stereocenters. The zero-order valence-corrected chi connectivity index (χ0v) is 16.1. The molecule has 1 aliphatic heterocycles. The number of likely N-dealkylation sites (tertiary alicyclic amines) is 1. The Labute approximate surface area is 160 Å². The summed E-state index contributed by atoms with van der Waals surface area (Å²) in [5, 5.41) is 0. The predicted octanol–water partition coefficient (Wildman–Crippen LogP) is 4.52. The molecule has 2 aromatic rings. The number of nitrogens with zero attached hydrogens (tertiary/aromatic N) is 1.